The first-order valence-corrected chi connectivity index (χ1v) is 7.17. The Bertz CT molecular complexity index is 309. The Morgan fingerprint density at radius 1 is 1.06 bits per heavy atom. The molecule has 1 saturated carbocycles. The van der Waals surface area contributed by atoms with Gasteiger partial charge in [-0.3, -0.25) is 4.90 Å². The van der Waals surface area contributed by atoms with E-state index in [1.807, 2.05) is 0 Å². The van der Waals surface area contributed by atoms with Gasteiger partial charge in [-0.15, -0.1) is 0 Å². The molecule has 0 aromatic heterocycles. The fourth-order valence-electron chi connectivity index (χ4n) is 3.03. The second kappa shape index (κ2) is 4.12. The Hall–Kier alpha value is -0.300. The summed E-state index contributed by atoms with van der Waals surface area (Å²) in [5.74, 6) is 0.946. The molecule has 0 bridgehead atoms. The van der Waals surface area contributed by atoms with Crippen molar-refractivity contribution in [2.24, 2.45) is 11.3 Å². The summed E-state index contributed by atoms with van der Waals surface area (Å²) >= 11 is 0. The Morgan fingerprint density at radius 3 is 2.06 bits per heavy atom. The van der Waals surface area contributed by atoms with Crippen molar-refractivity contribution in [3.8, 4) is 0 Å². The molecule has 1 fully saturated rings. The van der Waals surface area contributed by atoms with E-state index in [2.05, 4.69) is 52.5 Å². The van der Waals surface area contributed by atoms with Crippen molar-refractivity contribution in [2.75, 3.05) is 6.54 Å². The zero-order valence-electron chi connectivity index (χ0n) is 12.5. The number of nitrogens with zero attached hydrogens (tertiary/aromatic N) is 1. The van der Waals surface area contributed by atoms with Gasteiger partial charge in [0.15, 0.2) is 0 Å². The smallest absolute Gasteiger partial charge is 0.0334 e. The SMILES string of the molecule is CC(C)(C)C1C=C(C2CC2)CCN1C(C)(C)C. The maximum absolute atomic E-state index is 2.69. The van der Waals surface area contributed by atoms with Crippen molar-refractivity contribution in [3.05, 3.63) is 11.6 Å². The quantitative estimate of drug-likeness (QED) is 0.614. The molecule has 2 rings (SSSR count). The zero-order chi connectivity index (χ0) is 12.8. The molecule has 2 aliphatic rings. The Labute approximate surface area is 107 Å². The van der Waals surface area contributed by atoms with Gasteiger partial charge >= 0.3 is 0 Å². The van der Waals surface area contributed by atoms with Crippen LogP contribution in [-0.4, -0.2) is 23.0 Å². The summed E-state index contributed by atoms with van der Waals surface area (Å²) in [6.07, 6.45) is 6.79. The lowest BCUT2D eigenvalue weighted by atomic mass is 9.79. The molecule has 1 aliphatic carbocycles. The van der Waals surface area contributed by atoms with Gasteiger partial charge in [-0.1, -0.05) is 32.4 Å². The van der Waals surface area contributed by atoms with Crippen LogP contribution in [0.25, 0.3) is 0 Å². The molecule has 0 saturated heterocycles. The van der Waals surface area contributed by atoms with Crippen molar-refractivity contribution in [1.29, 1.82) is 0 Å². The van der Waals surface area contributed by atoms with Crippen molar-refractivity contribution in [1.82, 2.24) is 4.90 Å². The first-order chi connectivity index (χ1) is 7.69. The first kappa shape index (κ1) is 13.1. The summed E-state index contributed by atoms with van der Waals surface area (Å²) in [4.78, 5) is 2.69. The minimum absolute atomic E-state index is 0.281. The third-order valence-electron chi connectivity index (χ3n) is 4.20. The second-order valence-electron chi connectivity index (χ2n) is 7.94. The van der Waals surface area contributed by atoms with Gasteiger partial charge < -0.3 is 0 Å². The van der Waals surface area contributed by atoms with Crippen LogP contribution in [0.4, 0.5) is 0 Å². The van der Waals surface area contributed by atoms with Crippen LogP contribution < -0.4 is 0 Å². The van der Waals surface area contributed by atoms with E-state index in [-0.39, 0.29) is 5.54 Å². The molecule has 0 aromatic carbocycles. The third-order valence-corrected chi connectivity index (χ3v) is 4.20. The molecule has 0 aromatic rings. The van der Waals surface area contributed by atoms with Crippen LogP contribution in [0.15, 0.2) is 11.6 Å². The highest BCUT2D eigenvalue weighted by Crippen LogP contribution is 2.43. The average Bonchev–Trinajstić information content (AvgIpc) is 2.97. The van der Waals surface area contributed by atoms with Crippen LogP contribution in [0, 0.1) is 11.3 Å². The van der Waals surface area contributed by atoms with Crippen LogP contribution in [0.1, 0.15) is 60.8 Å². The van der Waals surface area contributed by atoms with E-state index in [1.165, 1.54) is 25.8 Å². The summed E-state index contributed by atoms with van der Waals surface area (Å²) in [7, 11) is 0. The predicted octanol–water partition coefficient (Wildman–Crippen LogP) is 4.24. The molecule has 1 heterocycles. The first-order valence-electron chi connectivity index (χ1n) is 7.17. The van der Waals surface area contributed by atoms with Gasteiger partial charge in [0.25, 0.3) is 0 Å². The van der Waals surface area contributed by atoms with Gasteiger partial charge in [0.2, 0.25) is 0 Å². The Balaban J connectivity index is 2.25. The minimum atomic E-state index is 0.281. The van der Waals surface area contributed by atoms with Crippen LogP contribution in [0.2, 0.25) is 0 Å². The lowest BCUT2D eigenvalue weighted by Crippen LogP contribution is -2.54. The van der Waals surface area contributed by atoms with Crippen molar-refractivity contribution in [3.63, 3.8) is 0 Å². The number of hydrogen-bond acceptors (Lipinski definition) is 1. The molecule has 1 unspecified atom stereocenters. The molecule has 0 radical (unpaired) electrons. The second-order valence-corrected chi connectivity index (χ2v) is 7.94. The van der Waals surface area contributed by atoms with Crippen LogP contribution in [-0.2, 0) is 0 Å². The lowest BCUT2D eigenvalue weighted by molar-refractivity contribution is 0.0416. The summed E-state index contributed by atoms with van der Waals surface area (Å²) < 4.78 is 0. The van der Waals surface area contributed by atoms with Crippen molar-refractivity contribution >= 4 is 0 Å². The molecule has 1 nitrogen and oxygen atoms in total. The summed E-state index contributed by atoms with van der Waals surface area (Å²) in [5.41, 5.74) is 2.38. The van der Waals surface area contributed by atoms with Crippen molar-refractivity contribution in [2.45, 2.75) is 72.4 Å². The highest BCUT2D eigenvalue weighted by molar-refractivity contribution is 5.21. The van der Waals surface area contributed by atoms with Crippen LogP contribution in [0.5, 0.6) is 0 Å². The molecule has 1 heteroatoms. The maximum Gasteiger partial charge on any atom is 0.0334 e. The molecule has 0 amide bonds. The van der Waals surface area contributed by atoms with E-state index in [4.69, 9.17) is 0 Å². The molecular weight excluding hydrogens is 206 g/mol. The molecule has 0 N–H and O–H groups in total. The molecule has 98 valence electrons. The van der Waals surface area contributed by atoms with Gasteiger partial charge in [0.05, 0.1) is 0 Å². The van der Waals surface area contributed by atoms with Gasteiger partial charge in [-0.25, -0.2) is 0 Å². The van der Waals surface area contributed by atoms with E-state index in [9.17, 15) is 0 Å². The summed E-state index contributed by atoms with van der Waals surface area (Å²) in [6.45, 7) is 15.4. The number of rotatable bonds is 1. The lowest BCUT2D eigenvalue weighted by Gasteiger charge is -2.49. The third kappa shape index (κ3) is 2.93. The topological polar surface area (TPSA) is 3.24 Å². The highest BCUT2D eigenvalue weighted by Gasteiger charge is 2.39. The van der Waals surface area contributed by atoms with E-state index in [0.717, 1.165) is 5.92 Å². The van der Waals surface area contributed by atoms with Gasteiger partial charge in [-0.2, -0.15) is 0 Å². The standard InChI is InChI=1S/C16H29N/c1-15(2,3)14-11-13(12-7-8-12)9-10-17(14)16(4,5)6/h11-12,14H,7-10H2,1-6H3. The normalized spacial score (nSPS) is 28.1. The van der Waals surface area contributed by atoms with E-state index in [0.29, 0.717) is 11.5 Å². The Morgan fingerprint density at radius 2 is 1.65 bits per heavy atom. The molecule has 17 heavy (non-hydrogen) atoms. The molecule has 0 spiro atoms. The zero-order valence-corrected chi connectivity index (χ0v) is 12.5. The monoisotopic (exact) mass is 235 g/mol. The fraction of sp³-hybridized carbons (Fsp3) is 0.875. The van der Waals surface area contributed by atoms with Gasteiger partial charge in [0, 0.05) is 18.1 Å². The molecule has 1 atom stereocenters. The van der Waals surface area contributed by atoms with Gasteiger partial charge in [0.1, 0.15) is 0 Å². The largest absolute Gasteiger partial charge is 0.291 e. The maximum atomic E-state index is 2.69. The van der Waals surface area contributed by atoms with Gasteiger partial charge in [-0.05, 0) is 51.4 Å². The molecular formula is C16H29N. The Kier molecular flexibility index (Phi) is 3.18. The predicted molar refractivity (Wildman–Crippen MR) is 75.1 cm³/mol. The van der Waals surface area contributed by atoms with E-state index < -0.39 is 0 Å². The minimum Gasteiger partial charge on any atom is -0.291 e. The van der Waals surface area contributed by atoms with Crippen molar-refractivity contribution < 1.29 is 0 Å². The molecule has 1 aliphatic heterocycles. The number of hydrogen-bond donors (Lipinski definition) is 0. The highest BCUT2D eigenvalue weighted by atomic mass is 15.2. The van der Waals surface area contributed by atoms with E-state index >= 15 is 0 Å². The fourth-order valence-corrected chi connectivity index (χ4v) is 3.03. The summed E-state index contributed by atoms with van der Waals surface area (Å²) in [5, 5.41) is 0. The van der Waals surface area contributed by atoms with Crippen LogP contribution >= 0.6 is 0 Å². The van der Waals surface area contributed by atoms with Crippen LogP contribution in [0.3, 0.4) is 0 Å². The van der Waals surface area contributed by atoms with E-state index in [1.54, 1.807) is 5.57 Å². The summed E-state index contributed by atoms with van der Waals surface area (Å²) in [6, 6.07) is 0.604. The average molecular weight is 235 g/mol.